The molecule has 0 atom stereocenters. The zero-order chi connectivity index (χ0) is 14.9. The second-order valence-corrected chi connectivity index (χ2v) is 5.34. The van der Waals surface area contributed by atoms with Crippen LogP contribution in [-0.2, 0) is 4.74 Å². The van der Waals surface area contributed by atoms with Crippen molar-refractivity contribution in [3.05, 3.63) is 24.3 Å². The molecule has 1 aliphatic rings. The van der Waals surface area contributed by atoms with Crippen LogP contribution in [0.2, 0.25) is 0 Å². The average molecular weight is 293 g/mol. The van der Waals surface area contributed by atoms with E-state index in [-0.39, 0.29) is 0 Å². The second-order valence-electron chi connectivity index (χ2n) is 5.34. The summed E-state index contributed by atoms with van der Waals surface area (Å²) in [5, 5.41) is 2.73. The van der Waals surface area contributed by atoms with Gasteiger partial charge in [-0.15, -0.1) is 0 Å². The highest BCUT2D eigenvalue weighted by Gasteiger charge is 2.15. The Labute approximate surface area is 126 Å². The molecule has 0 unspecified atom stereocenters. The summed E-state index contributed by atoms with van der Waals surface area (Å²) in [4.78, 5) is 13.3. The van der Waals surface area contributed by atoms with Gasteiger partial charge in [-0.3, -0.25) is 5.32 Å². The van der Waals surface area contributed by atoms with E-state index in [2.05, 4.69) is 12.2 Å². The van der Waals surface area contributed by atoms with Gasteiger partial charge in [-0.05, 0) is 18.6 Å². The minimum atomic E-state index is -0.402. The van der Waals surface area contributed by atoms with E-state index in [4.69, 9.17) is 9.47 Å². The summed E-state index contributed by atoms with van der Waals surface area (Å²) < 4.78 is 10.7. The molecule has 0 saturated carbocycles. The van der Waals surface area contributed by atoms with Crippen LogP contribution in [0, 0.1) is 0 Å². The van der Waals surface area contributed by atoms with Gasteiger partial charge in [0.2, 0.25) is 0 Å². The molecule has 0 spiro atoms. The van der Waals surface area contributed by atoms with E-state index in [1.807, 2.05) is 24.3 Å². The first-order valence-electron chi connectivity index (χ1n) is 7.78. The SMILES string of the molecule is CCCOc1cccc(NC(=O)OCC[NH+]2CCCC2)c1. The molecule has 0 radical (unpaired) electrons. The number of benzene rings is 1. The van der Waals surface area contributed by atoms with Crippen LogP contribution in [0.3, 0.4) is 0 Å². The fourth-order valence-electron chi connectivity index (χ4n) is 2.45. The van der Waals surface area contributed by atoms with Crippen molar-refractivity contribution >= 4 is 11.8 Å². The molecule has 5 heteroatoms. The molecule has 1 aromatic rings. The number of anilines is 1. The van der Waals surface area contributed by atoms with E-state index in [0.29, 0.717) is 18.9 Å². The zero-order valence-corrected chi connectivity index (χ0v) is 12.7. The summed E-state index contributed by atoms with van der Waals surface area (Å²) in [5.41, 5.74) is 0.696. The molecule has 1 amide bonds. The summed E-state index contributed by atoms with van der Waals surface area (Å²) in [6, 6.07) is 7.37. The Morgan fingerprint density at radius 3 is 2.86 bits per heavy atom. The van der Waals surface area contributed by atoms with Crippen molar-refractivity contribution in [2.45, 2.75) is 26.2 Å². The Morgan fingerprint density at radius 1 is 1.29 bits per heavy atom. The van der Waals surface area contributed by atoms with Crippen LogP contribution in [0.5, 0.6) is 5.75 Å². The van der Waals surface area contributed by atoms with Crippen LogP contribution in [0.15, 0.2) is 24.3 Å². The van der Waals surface area contributed by atoms with Crippen molar-refractivity contribution in [2.24, 2.45) is 0 Å². The van der Waals surface area contributed by atoms with E-state index >= 15 is 0 Å². The van der Waals surface area contributed by atoms with Gasteiger partial charge in [-0.25, -0.2) is 4.79 Å². The van der Waals surface area contributed by atoms with Gasteiger partial charge in [0.05, 0.1) is 19.7 Å². The average Bonchev–Trinajstić information content (AvgIpc) is 2.99. The predicted octanol–water partition coefficient (Wildman–Crippen LogP) is 1.70. The highest BCUT2D eigenvalue weighted by atomic mass is 16.5. The van der Waals surface area contributed by atoms with Crippen molar-refractivity contribution in [2.75, 3.05) is 38.2 Å². The highest BCUT2D eigenvalue weighted by Crippen LogP contribution is 2.17. The molecule has 1 heterocycles. The van der Waals surface area contributed by atoms with Crippen molar-refractivity contribution in [3.8, 4) is 5.75 Å². The largest absolute Gasteiger partial charge is 0.494 e. The van der Waals surface area contributed by atoms with E-state index in [1.54, 1.807) is 0 Å². The fourth-order valence-corrected chi connectivity index (χ4v) is 2.45. The number of quaternary nitrogens is 1. The molecule has 2 N–H and O–H groups in total. The maximum Gasteiger partial charge on any atom is 0.411 e. The molecule has 1 saturated heterocycles. The molecule has 0 aliphatic carbocycles. The van der Waals surface area contributed by atoms with E-state index < -0.39 is 6.09 Å². The number of hydrogen-bond acceptors (Lipinski definition) is 3. The van der Waals surface area contributed by atoms with Gasteiger partial charge in [0.25, 0.3) is 0 Å². The van der Waals surface area contributed by atoms with Crippen molar-refractivity contribution < 1.29 is 19.2 Å². The van der Waals surface area contributed by atoms with E-state index in [1.165, 1.54) is 30.8 Å². The molecular formula is C16H25N2O3+. The number of rotatable bonds is 7. The first kappa shape index (κ1) is 15.6. The summed E-state index contributed by atoms with van der Waals surface area (Å²) in [6.45, 7) is 6.48. The van der Waals surface area contributed by atoms with Gasteiger partial charge in [-0.1, -0.05) is 13.0 Å². The van der Waals surface area contributed by atoms with Gasteiger partial charge in [0.1, 0.15) is 18.9 Å². The second kappa shape index (κ2) is 8.52. The van der Waals surface area contributed by atoms with Crippen molar-refractivity contribution in [1.82, 2.24) is 0 Å². The van der Waals surface area contributed by atoms with Crippen molar-refractivity contribution in [1.29, 1.82) is 0 Å². The van der Waals surface area contributed by atoms with Crippen LogP contribution in [0.25, 0.3) is 0 Å². The quantitative estimate of drug-likeness (QED) is 0.804. The van der Waals surface area contributed by atoms with E-state index in [0.717, 1.165) is 18.7 Å². The molecular weight excluding hydrogens is 268 g/mol. The Morgan fingerprint density at radius 2 is 2.10 bits per heavy atom. The Kier molecular flexibility index (Phi) is 6.34. The lowest BCUT2D eigenvalue weighted by atomic mass is 10.3. The summed E-state index contributed by atoms with van der Waals surface area (Å²) in [6.07, 6.45) is 3.12. The summed E-state index contributed by atoms with van der Waals surface area (Å²) >= 11 is 0. The van der Waals surface area contributed by atoms with Gasteiger partial charge >= 0.3 is 6.09 Å². The van der Waals surface area contributed by atoms with Gasteiger partial charge in [-0.2, -0.15) is 0 Å². The summed E-state index contributed by atoms with van der Waals surface area (Å²) in [5.74, 6) is 0.760. The van der Waals surface area contributed by atoms with Crippen LogP contribution in [0.1, 0.15) is 26.2 Å². The zero-order valence-electron chi connectivity index (χ0n) is 12.7. The lowest BCUT2D eigenvalue weighted by molar-refractivity contribution is -0.887. The first-order chi connectivity index (χ1) is 10.3. The number of ether oxygens (including phenoxy) is 2. The monoisotopic (exact) mass is 293 g/mol. The number of nitrogens with one attached hydrogen (secondary N) is 2. The minimum absolute atomic E-state index is 0.402. The molecule has 1 fully saturated rings. The standard InChI is InChI=1S/C16H24N2O3/c1-2-11-20-15-7-5-6-14(13-15)17-16(19)21-12-10-18-8-3-4-9-18/h5-7,13H,2-4,8-12H2,1H3,(H,17,19)/p+1. The number of hydrogen-bond donors (Lipinski definition) is 2. The lowest BCUT2D eigenvalue weighted by Crippen LogP contribution is -3.10. The van der Waals surface area contributed by atoms with Crippen LogP contribution in [0.4, 0.5) is 10.5 Å². The minimum Gasteiger partial charge on any atom is -0.494 e. The third-order valence-corrected chi connectivity index (χ3v) is 3.55. The smallest absolute Gasteiger partial charge is 0.411 e. The third kappa shape index (κ3) is 5.63. The summed E-state index contributed by atoms with van der Waals surface area (Å²) in [7, 11) is 0. The number of amides is 1. The lowest BCUT2D eigenvalue weighted by Gasteiger charge is -2.12. The molecule has 0 bridgehead atoms. The topological polar surface area (TPSA) is 52.0 Å². The number of likely N-dealkylation sites (tertiary alicyclic amines) is 1. The molecule has 1 aliphatic heterocycles. The first-order valence-corrected chi connectivity index (χ1v) is 7.78. The maximum absolute atomic E-state index is 11.7. The maximum atomic E-state index is 11.7. The molecule has 0 aromatic heterocycles. The molecule has 5 nitrogen and oxygen atoms in total. The molecule has 2 rings (SSSR count). The van der Waals surface area contributed by atoms with Crippen LogP contribution in [-0.4, -0.2) is 38.9 Å². The van der Waals surface area contributed by atoms with Gasteiger partial charge in [0.15, 0.2) is 0 Å². The normalized spacial score (nSPS) is 14.9. The predicted molar refractivity (Wildman–Crippen MR) is 82.0 cm³/mol. The third-order valence-electron chi connectivity index (χ3n) is 3.55. The van der Waals surface area contributed by atoms with Crippen molar-refractivity contribution in [3.63, 3.8) is 0 Å². The van der Waals surface area contributed by atoms with Crippen LogP contribution < -0.4 is 15.0 Å². The highest BCUT2D eigenvalue weighted by molar-refractivity contribution is 5.84. The molecule has 21 heavy (non-hydrogen) atoms. The molecule has 116 valence electrons. The number of carbonyl (C=O) groups is 1. The van der Waals surface area contributed by atoms with Gasteiger partial charge < -0.3 is 14.4 Å². The number of carbonyl (C=O) groups excluding carboxylic acids is 1. The Balaban J connectivity index is 1.71. The van der Waals surface area contributed by atoms with Gasteiger partial charge in [0, 0.05) is 24.6 Å². The van der Waals surface area contributed by atoms with Crippen LogP contribution >= 0.6 is 0 Å². The fraction of sp³-hybridized carbons (Fsp3) is 0.562. The Hall–Kier alpha value is -1.75. The molecule has 1 aromatic carbocycles. The van der Waals surface area contributed by atoms with E-state index in [9.17, 15) is 4.79 Å². The Bertz CT molecular complexity index is 445.